The second-order valence-corrected chi connectivity index (χ2v) is 8.30. The second-order valence-electron chi connectivity index (χ2n) is 8.30. The van der Waals surface area contributed by atoms with Gasteiger partial charge in [-0.05, 0) is 46.5 Å². The fourth-order valence-corrected chi connectivity index (χ4v) is 4.71. The van der Waals surface area contributed by atoms with E-state index >= 15 is 0 Å². The maximum atomic E-state index is 12.2. The third-order valence-electron chi connectivity index (χ3n) is 5.12. The van der Waals surface area contributed by atoms with Crippen LogP contribution in [0, 0.1) is 17.3 Å². The van der Waals surface area contributed by atoms with Crippen molar-refractivity contribution < 1.29 is 19.7 Å². The van der Waals surface area contributed by atoms with Crippen LogP contribution in [0.25, 0.3) is 0 Å². The van der Waals surface area contributed by atoms with E-state index in [0.717, 1.165) is 12.8 Å². The van der Waals surface area contributed by atoms with E-state index in [2.05, 4.69) is 0 Å². The maximum Gasteiger partial charge on any atom is 0.311 e. The monoisotopic (exact) mass is 268 g/mol. The third kappa shape index (κ3) is 1.76. The minimum absolute atomic E-state index is 0.0338. The Hall–Kier alpha value is -0.610. The third-order valence-corrected chi connectivity index (χ3v) is 5.12. The Morgan fingerprint density at radius 2 is 1.84 bits per heavy atom. The summed E-state index contributed by atoms with van der Waals surface area (Å²) in [7, 11) is 0. The molecule has 4 heteroatoms. The van der Waals surface area contributed by atoms with Gasteiger partial charge in [0.05, 0.1) is 16.6 Å². The minimum atomic E-state index is -0.950. The van der Waals surface area contributed by atoms with E-state index in [1.807, 2.05) is 20.8 Å². The van der Waals surface area contributed by atoms with E-state index < -0.39 is 22.2 Å². The Balaban J connectivity index is 1.85. The van der Waals surface area contributed by atoms with E-state index in [1.54, 1.807) is 6.92 Å². The van der Waals surface area contributed by atoms with Crippen LogP contribution >= 0.6 is 0 Å². The molecule has 0 spiro atoms. The molecule has 108 valence electrons. The van der Waals surface area contributed by atoms with Gasteiger partial charge >= 0.3 is 5.97 Å². The van der Waals surface area contributed by atoms with Crippen LogP contribution in [0.4, 0.5) is 0 Å². The summed E-state index contributed by atoms with van der Waals surface area (Å²) in [5.74, 6) is 0.262. The molecular weight excluding hydrogens is 244 g/mol. The molecule has 0 amide bonds. The van der Waals surface area contributed by atoms with E-state index in [-0.39, 0.29) is 11.9 Å². The Morgan fingerprint density at radius 3 is 2.37 bits per heavy atom. The molecule has 5 atom stereocenters. The molecule has 3 aliphatic carbocycles. The average Bonchev–Trinajstić information content (AvgIpc) is 2.08. The molecule has 0 heterocycles. The van der Waals surface area contributed by atoms with Crippen molar-refractivity contribution in [3.63, 3.8) is 0 Å². The van der Waals surface area contributed by atoms with Gasteiger partial charge in [0.15, 0.2) is 0 Å². The van der Waals surface area contributed by atoms with Crippen LogP contribution < -0.4 is 0 Å². The highest BCUT2D eigenvalue weighted by atomic mass is 16.6. The maximum absolute atomic E-state index is 12.2. The number of hydrogen-bond donors (Lipinski definition) is 2. The van der Waals surface area contributed by atoms with Crippen LogP contribution in [0.2, 0.25) is 0 Å². The summed E-state index contributed by atoms with van der Waals surface area (Å²) in [6.07, 6.45) is 2.38. The lowest BCUT2D eigenvalue weighted by atomic mass is 9.37. The van der Waals surface area contributed by atoms with Crippen LogP contribution in [-0.4, -0.2) is 33.0 Å². The average molecular weight is 268 g/mol. The van der Waals surface area contributed by atoms with Gasteiger partial charge in [-0.2, -0.15) is 0 Å². The minimum Gasteiger partial charge on any atom is -0.458 e. The predicted molar refractivity (Wildman–Crippen MR) is 69.3 cm³/mol. The van der Waals surface area contributed by atoms with Crippen molar-refractivity contribution in [1.82, 2.24) is 0 Å². The van der Waals surface area contributed by atoms with Gasteiger partial charge in [0, 0.05) is 18.8 Å². The molecule has 0 bridgehead atoms. The highest BCUT2D eigenvalue weighted by molar-refractivity contribution is 5.76. The molecule has 3 saturated carbocycles. The summed E-state index contributed by atoms with van der Waals surface area (Å²) in [6, 6.07) is 0. The molecule has 0 aromatic heterocycles. The van der Waals surface area contributed by atoms with Gasteiger partial charge in [0.1, 0.15) is 5.60 Å². The molecule has 3 fully saturated rings. The fraction of sp³-hybridized carbons (Fsp3) is 0.933. The van der Waals surface area contributed by atoms with Crippen molar-refractivity contribution in [2.24, 2.45) is 17.3 Å². The van der Waals surface area contributed by atoms with Crippen LogP contribution in [0.5, 0.6) is 0 Å². The molecule has 5 unspecified atom stereocenters. The Labute approximate surface area is 114 Å². The molecule has 0 aromatic rings. The summed E-state index contributed by atoms with van der Waals surface area (Å²) in [5.41, 5.74) is -2.97. The molecule has 0 aliphatic heterocycles. The number of carbonyl (C=O) groups is 1. The first-order valence-corrected chi connectivity index (χ1v) is 7.16. The summed E-state index contributed by atoms with van der Waals surface area (Å²) in [4.78, 5) is 12.2. The Kier molecular flexibility index (Phi) is 2.35. The summed E-state index contributed by atoms with van der Waals surface area (Å²) in [6.45, 7) is 7.22. The lowest BCUT2D eigenvalue weighted by Crippen LogP contribution is -2.79. The van der Waals surface area contributed by atoms with Gasteiger partial charge in [0.2, 0.25) is 0 Å². The van der Waals surface area contributed by atoms with Crippen molar-refractivity contribution in [3.05, 3.63) is 0 Å². The molecule has 0 radical (unpaired) electrons. The van der Waals surface area contributed by atoms with E-state index in [9.17, 15) is 15.0 Å². The van der Waals surface area contributed by atoms with Crippen molar-refractivity contribution in [3.8, 4) is 0 Å². The second kappa shape index (κ2) is 3.34. The molecule has 2 N–H and O–H groups in total. The van der Waals surface area contributed by atoms with Crippen LogP contribution in [0.3, 0.4) is 0 Å². The lowest BCUT2D eigenvalue weighted by Gasteiger charge is -2.73. The van der Waals surface area contributed by atoms with Crippen molar-refractivity contribution >= 4 is 5.97 Å². The SMILES string of the molecule is CC1(O)CC2(O)CC3CC(OC(=O)C(C)(C)C)(C1)C32. The summed E-state index contributed by atoms with van der Waals surface area (Å²) in [5, 5.41) is 21.0. The zero-order valence-electron chi connectivity index (χ0n) is 12.2. The molecule has 0 aromatic carbocycles. The van der Waals surface area contributed by atoms with Gasteiger partial charge in [-0.1, -0.05) is 0 Å². The number of esters is 1. The fourth-order valence-electron chi connectivity index (χ4n) is 4.71. The summed E-state index contributed by atoms with van der Waals surface area (Å²) < 4.78 is 5.79. The predicted octanol–water partition coefficient (Wildman–Crippen LogP) is 1.63. The molecule has 3 rings (SSSR count). The smallest absolute Gasteiger partial charge is 0.311 e. The highest BCUT2D eigenvalue weighted by Gasteiger charge is 2.76. The molecule has 0 saturated heterocycles. The number of ether oxygens (including phenoxy) is 1. The Morgan fingerprint density at radius 1 is 1.21 bits per heavy atom. The molecular formula is C15H24O4. The largest absolute Gasteiger partial charge is 0.458 e. The Bertz CT molecular complexity index is 436. The van der Waals surface area contributed by atoms with Gasteiger partial charge in [-0.3, -0.25) is 4.79 Å². The van der Waals surface area contributed by atoms with Crippen molar-refractivity contribution in [2.45, 2.75) is 70.2 Å². The van der Waals surface area contributed by atoms with Crippen molar-refractivity contribution in [2.75, 3.05) is 0 Å². The van der Waals surface area contributed by atoms with Crippen LogP contribution in [0.1, 0.15) is 53.4 Å². The van der Waals surface area contributed by atoms with Gasteiger partial charge < -0.3 is 14.9 Å². The highest BCUT2D eigenvalue weighted by Crippen LogP contribution is 2.70. The van der Waals surface area contributed by atoms with Gasteiger partial charge in [0.25, 0.3) is 0 Å². The lowest BCUT2D eigenvalue weighted by molar-refractivity contribution is -0.347. The van der Waals surface area contributed by atoms with Crippen molar-refractivity contribution in [1.29, 1.82) is 0 Å². The van der Waals surface area contributed by atoms with E-state index in [4.69, 9.17) is 4.74 Å². The molecule has 4 nitrogen and oxygen atoms in total. The first-order chi connectivity index (χ1) is 8.48. The first kappa shape index (κ1) is 13.4. The number of carbonyl (C=O) groups excluding carboxylic acids is 1. The number of aliphatic hydroxyl groups is 2. The van der Waals surface area contributed by atoms with E-state index in [1.165, 1.54) is 0 Å². The quantitative estimate of drug-likeness (QED) is 0.709. The first-order valence-electron chi connectivity index (χ1n) is 7.16. The summed E-state index contributed by atoms with van der Waals surface area (Å²) >= 11 is 0. The van der Waals surface area contributed by atoms with E-state index in [0.29, 0.717) is 18.8 Å². The van der Waals surface area contributed by atoms with Crippen LogP contribution in [-0.2, 0) is 9.53 Å². The standard InChI is InChI=1S/C15H24O4/c1-12(2,3)11(16)19-15-6-9-5-14(18,10(9)15)7-13(4,17)8-15/h9-10,17-18H,5-8H2,1-4H3. The van der Waals surface area contributed by atoms with Gasteiger partial charge in [-0.15, -0.1) is 0 Å². The normalized spacial score (nSPS) is 51.7. The molecule has 19 heavy (non-hydrogen) atoms. The zero-order valence-corrected chi connectivity index (χ0v) is 12.2. The van der Waals surface area contributed by atoms with Crippen LogP contribution in [0.15, 0.2) is 0 Å². The number of hydrogen-bond acceptors (Lipinski definition) is 4. The topological polar surface area (TPSA) is 66.8 Å². The number of rotatable bonds is 1. The zero-order chi connectivity index (χ0) is 14.3. The molecule has 3 aliphatic rings. The van der Waals surface area contributed by atoms with Gasteiger partial charge in [-0.25, -0.2) is 0 Å².